The smallest absolute Gasteiger partial charge is 0.305 e. The second-order valence-electron chi connectivity index (χ2n) is 8.95. The Labute approximate surface area is 183 Å². The molecule has 31 heavy (non-hydrogen) atoms. The number of hydrogen-bond donors (Lipinski definition) is 0. The van der Waals surface area contributed by atoms with Crippen LogP contribution in [0.25, 0.3) is 0 Å². The van der Waals surface area contributed by atoms with E-state index >= 15 is 0 Å². The van der Waals surface area contributed by atoms with Crippen molar-refractivity contribution in [2.75, 3.05) is 6.61 Å². The van der Waals surface area contributed by atoms with Crippen LogP contribution < -0.4 is 0 Å². The minimum Gasteiger partial charge on any atom is -0.456 e. The van der Waals surface area contributed by atoms with Gasteiger partial charge >= 0.3 is 23.9 Å². The molecule has 0 bridgehead atoms. The fourth-order valence-corrected chi connectivity index (χ4v) is 3.77. The molecule has 1 fully saturated rings. The number of esters is 4. The number of ether oxygens (including phenoxy) is 5. The van der Waals surface area contributed by atoms with Gasteiger partial charge in [-0.1, -0.05) is 20.8 Å². The van der Waals surface area contributed by atoms with Crippen molar-refractivity contribution in [3.05, 3.63) is 0 Å². The van der Waals surface area contributed by atoms with E-state index in [4.69, 9.17) is 28.1 Å². The molecule has 1 saturated heterocycles. The first kappa shape index (κ1) is 27.1. The van der Waals surface area contributed by atoms with Gasteiger partial charge in [0.1, 0.15) is 6.10 Å². The van der Waals surface area contributed by atoms with Crippen LogP contribution in [0.4, 0.5) is 0 Å². The molecule has 1 aliphatic heterocycles. The van der Waals surface area contributed by atoms with Crippen molar-refractivity contribution in [3.63, 3.8) is 0 Å². The monoisotopic (exact) mass is 462 g/mol. The quantitative estimate of drug-likeness (QED) is 0.315. The molecular formula is C20H34O10Si. The van der Waals surface area contributed by atoms with Crippen LogP contribution >= 0.6 is 0 Å². The molecule has 0 aliphatic carbocycles. The first-order valence-electron chi connectivity index (χ1n) is 10.0. The lowest BCUT2D eigenvalue weighted by atomic mass is 9.98. The molecule has 0 aromatic rings. The molecule has 1 heterocycles. The topological polar surface area (TPSA) is 124 Å². The second kappa shape index (κ2) is 10.6. The van der Waals surface area contributed by atoms with Crippen molar-refractivity contribution in [2.24, 2.45) is 0 Å². The SMILES string of the molecule is CC(=O)O[C@@H]1O[C@H](CO[Si](C)(C)C(C)(C)C)[C@H](OC(C)=O)[C@H](OC(C)=O)[C@H]1OC(C)=O. The van der Waals surface area contributed by atoms with E-state index in [9.17, 15) is 19.2 Å². The number of carbonyl (C=O) groups is 4. The van der Waals surface area contributed by atoms with Crippen LogP contribution in [0.3, 0.4) is 0 Å². The maximum Gasteiger partial charge on any atom is 0.305 e. The average Bonchev–Trinajstić information content (AvgIpc) is 2.56. The summed E-state index contributed by atoms with van der Waals surface area (Å²) in [7, 11) is -2.23. The predicted octanol–water partition coefficient (Wildman–Crippen LogP) is 2.09. The molecule has 11 heteroatoms. The van der Waals surface area contributed by atoms with E-state index in [-0.39, 0.29) is 11.6 Å². The van der Waals surface area contributed by atoms with E-state index in [1.54, 1.807) is 0 Å². The highest BCUT2D eigenvalue weighted by atomic mass is 28.4. The van der Waals surface area contributed by atoms with Crippen molar-refractivity contribution in [3.8, 4) is 0 Å². The highest BCUT2D eigenvalue weighted by molar-refractivity contribution is 6.74. The van der Waals surface area contributed by atoms with Crippen LogP contribution in [0.2, 0.25) is 18.1 Å². The van der Waals surface area contributed by atoms with Crippen LogP contribution in [0.5, 0.6) is 0 Å². The van der Waals surface area contributed by atoms with Gasteiger partial charge < -0.3 is 28.1 Å². The van der Waals surface area contributed by atoms with E-state index in [0.29, 0.717) is 0 Å². The number of carbonyl (C=O) groups excluding carboxylic acids is 4. The summed E-state index contributed by atoms with van der Waals surface area (Å²) in [6.07, 6.45) is -6.08. The summed E-state index contributed by atoms with van der Waals surface area (Å²) >= 11 is 0. The molecule has 0 radical (unpaired) electrons. The summed E-state index contributed by atoms with van der Waals surface area (Å²) in [6.45, 7) is 14.9. The minimum absolute atomic E-state index is 0.0171. The molecule has 0 saturated carbocycles. The van der Waals surface area contributed by atoms with Crippen molar-refractivity contribution in [2.45, 2.75) is 97.3 Å². The molecule has 0 amide bonds. The maximum atomic E-state index is 11.8. The Hall–Kier alpha value is -1.98. The zero-order chi connectivity index (χ0) is 24.1. The molecule has 0 spiro atoms. The van der Waals surface area contributed by atoms with Gasteiger partial charge in [0.2, 0.25) is 12.4 Å². The van der Waals surface area contributed by atoms with Crippen molar-refractivity contribution in [1.29, 1.82) is 0 Å². The molecular weight excluding hydrogens is 428 g/mol. The summed E-state index contributed by atoms with van der Waals surface area (Å²) < 4.78 is 33.2. The van der Waals surface area contributed by atoms with Gasteiger partial charge in [-0.05, 0) is 18.1 Å². The van der Waals surface area contributed by atoms with Crippen molar-refractivity contribution >= 4 is 32.2 Å². The normalized spacial score (nSPS) is 26.5. The summed E-state index contributed by atoms with van der Waals surface area (Å²) in [4.78, 5) is 46.9. The molecule has 0 aromatic carbocycles. The lowest BCUT2D eigenvalue weighted by Gasteiger charge is -2.45. The zero-order valence-electron chi connectivity index (χ0n) is 19.7. The highest BCUT2D eigenvalue weighted by Gasteiger charge is 2.54. The van der Waals surface area contributed by atoms with Crippen LogP contribution in [0, 0.1) is 0 Å². The van der Waals surface area contributed by atoms with Crippen molar-refractivity contribution in [1.82, 2.24) is 0 Å². The predicted molar refractivity (Wildman–Crippen MR) is 110 cm³/mol. The first-order chi connectivity index (χ1) is 14.0. The maximum absolute atomic E-state index is 11.8. The van der Waals surface area contributed by atoms with Crippen LogP contribution in [-0.4, -0.2) is 69.5 Å². The van der Waals surface area contributed by atoms with Gasteiger partial charge in [-0.2, -0.15) is 0 Å². The average molecular weight is 463 g/mol. The zero-order valence-corrected chi connectivity index (χ0v) is 20.7. The van der Waals surface area contributed by atoms with Crippen LogP contribution in [0.1, 0.15) is 48.5 Å². The molecule has 10 nitrogen and oxygen atoms in total. The van der Waals surface area contributed by atoms with Gasteiger partial charge in [0.05, 0.1) is 6.61 Å². The largest absolute Gasteiger partial charge is 0.456 e. The van der Waals surface area contributed by atoms with Gasteiger partial charge in [-0.15, -0.1) is 0 Å². The van der Waals surface area contributed by atoms with Gasteiger partial charge in [0.15, 0.2) is 20.5 Å². The third-order valence-corrected chi connectivity index (χ3v) is 9.69. The van der Waals surface area contributed by atoms with Gasteiger partial charge in [0.25, 0.3) is 0 Å². The molecule has 0 N–H and O–H groups in total. The van der Waals surface area contributed by atoms with Gasteiger partial charge in [0, 0.05) is 27.7 Å². The lowest BCUT2D eigenvalue weighted by Crippen LogP contribution is -2.63. The second-order valence-corrected chi connectivity index (χ2v) is 13.8. The summed E-state index contributed by atoms with van der Waals surface area (Å²) in [5.41, 5.74) is 0. The first-order valence-corrected chi connectivity index (χ1v) is 12.9. The Morgan fingerprint density at radius 2 is 1.16 bits per heavy atom. The molecule has 178 valence electrons. The van der Waals surface area contributed by atoms with E-state index < -0.39 is 62.9 Å². The number of rotatable bonds is 7. The van der Waals surface area contributed by atoms with Crippen LogP contribution in [0.15, 0.2) is 0 Å². The third kappa shape index (κ3) is 7.89. The van der Waals surface area contributed by atoms with Gasteiger partial charge in [-0.25, -0.2) is 0 Å². The molecule has 1 aliphatic rings. The molecule has 0 aromatic heterocycles. The Balaban J connectivity index is 3.34. The Kier molecular flexibility index (Phi) is 9.21. The summed E-state index contributed by atoms with van der Waals surface area (Å²) in [5.74, 6) is -2.78. The van der Waals surface area contributed by atoms with E-state index in [2.05, 4.69) is 20.8 Å². The highest BCUT2D eigenvalue weighted by Crippen LogP contribution is 2.37. The molecule has 1 rings (SSSR count). The van der Waals surface area contributed by atoms with E-state index in [1.807, 2.05) is 13.1 Å². The standard InChI is InChI=1S/C20H34O10Si/c1-11(21)26-16-15(10-25-31(8,9)20(5,6)7)30-19(29-14(4)24)18(28-13(3)23)17(16)27-12(2)22/h15-19H,10H2,1-9H3/t15-,16+,17+,18-,19-/m1/s1. The summed E-state index contributed by atoms with van der Waals surface area (Å²) in [6, 6.07) is 0. The lowest BCUT2D eigenvalue weighted by molar-refractivity contribution is -0.299. The fourth-order valence-electron chi connectivity index (χ4n) is 2.75. The van der Waals surface area contributed by atoms with E-state index in [0.717, 1.165) is 20.8 Å². The van der Waals surface area contributed by atoms with E-state index in [1.165, 1.54) is 6.92 Å². The Bertz CT molecular complexity index is 684. The summed E-state index contributed by atoms with van der Waals surface area (Å²) in [5, 5.41) is -0.108. The minimum atomic E-state index is -2.23. The Morgan fingerprint density at radius 3 is 1.58 bits per heavy atom. The van der Waals surface area contributed by atoms with Crippen LogP contribution in [-0.2, 0) is 47.3 Å². The van der Waals surface area contributed by atoms with Crippen molar-refractivity contribution < 1.29 is 47.3 Å². The Morgan fingerprint density at radius 1 is 0.742 bits per heavy atom. The molecule has 0 unspecified atom stereocenters. The molecule has 5 atom stereocenters. The van der Waals surface area contributed by atoms with Gasteiger partial charge in [-0.3, -0.25) is 19.2 Å². The third-order valence-electron chi connectivity index (χ3n) is 5.19. The fraction of sp³-hybridized carbons (Fsp3) is 0.800. The number of hydrogen-bond acceptors (Lipinski definition) is 10.